The Labute approximate surface area is 56.8 Å². The van der Waals surface area contributed by atoms with E-state index in [-0.39, 0.29) is 0 Å². The van der Waals surface area contributed by atoms with Gasteiger partial charge in [0.1, 0.15) is 0 Å². The maximum atomic E-state index is 4.76. The monoisotopic (exact) mass is 165 g/mol. The van der Waals surface area contributed by atoms with Crippen molar-refractivity contribution < 1.29 is 17.3 Å². The summed E-state index contributed by atoms with van der Waals surface area (Å²) in [6, 6.07) is 3.71. The van der Waals surface area contributed by atoms with Crippen molar-refractivity contribution in [3.8, 4) is 0 Å². The van der Waals surface area contributed by atoms with Gasteiger partial charge < -0.3 is 4.98 Å². The molecular formula is C4H4ClNZn. The molecule has 3 heteroatoms. The van der Waals surface area contributed by atoms with Gasteiger partial charge in [-0.3, -0.25) is 0 Å². The van der Waals surface area contributed by atoms with E-state index >= 15 is 0 Å². The number of hydrogen-bond donors (Lipinski definition) is 1. The molecule has 0 aliphatic rings. The average molecular weight is 167 g/mol. The third kappa shape index (κ3) is 4.04. The van der Waals surface area contributed by atoms with Gasteiger partial charge in [-0.05, 0) is 0 Å². The largest absolute Gasteiger partial charge is 0.484 e. The molecule has 0 spiro atoms. The number of H-pyrrole nitrogens is 1. The zero-order chi connectivity index (χ0) is 5.54. The fourth-order valence-corrected chi connectivity index (χ4v) is 0.241. The fraction of sp³-hybridized carbons (Fsp3) is 0. The van der Waals surface area contributed by atoms with Crippen molar-refractivity contribution in [1.29, 1.82) is 0 Å². The summed E-state index contributed by atoms with van der Waals surface area (Å²) in [5.41, 5.74) is 0. The maximum Gasteiger partial charge on any atom is -0.108 e. The Morgan fingerprint density at radius 1 is 1.57 bits per heavy atom. The minimum Gasteiger partial charge on any atom is -0.484 e. The number of nitrogens with one attached hydrogen (secondary N) is 1. The van der Waals surface area contributed by atoms with Crippen LogP contribution in [0, 0.1) is 6.20 Å². The van der Waals surface area contributed by atoms with Crippen LogP contribution < -0.4 is 0 Å². The van der Waals surface area contributed by atoms with Gasteiger partial charge in [-0.15, -0.1) is 6.20 Å². The predicted octanol–water partition coefficient (Wildman–Crippen LogP) is 1.50. The molecule has 0 aliphatic carbocycles. The van der Waals surface area contributed by atoms with Crippen LogP contribution in [-0.4, -0.2) is 4.98 Å². The Morgan fingerprint density at radius 3 is 2.43 bits per heavy atom. The number of hydrogen-bond acceptors (Lipinski definition) is 0. The van der Waals surface area contributed by atoms with Crippen LogP contribution >= 0.6 is 9.69 Å². The average Bonchev–Trinajstić information content (AvgIpc) is 2.23. The van der Waals surface area contributed by atoms with Gasteiger partial charge in [0, 0.05) is 0 Å². The van der Waals surface area contributed by atoms with E-state index in [0.29, 0.717) is 0 Å². The van der Waals surface area contributed by atoms with Gasteiger partial charge >= 0.3 is 27.0 Å². The van der Waals surface area contributed by atoms with Crippen molar-refractivity contribution >= 4 is 9.69 Å². The van der Waals surface area contributed by atoms with E-state index in [4.69, 9.17) is 9.69 Å². The smallest absolute Gasteiger partial charge is 0.108 e. The third-order valence-electron chi connectivity index (χ3n) is 0.442. The summed E-state index contributed by atoms with van der Waals surface area (Å²) >= 11 is 0.847. The van der Waals surface area contributed by atoms with Crippen LogP contribution in [0.3, 0.4) is 0 Å². The summed E-state index contributed by atoms with van der Waals surface area (Å²) in [6.45, 7) is 0. The Hall–Kier alpha value is 0.193. The van der Waals surface area contributed by atoms with Crippen molar-refractivity contribution in [1.82, 2.24) is 4.98 Å². The first-order chi connectivity index (χ1) is 3.50. The van der Waals surface area contributed by atoms with Gasteiger partial charge in [0.25, 0.3) is 0 Å². The van der Waals surface area contributed by atoms with Crippen LogP contribution in [0.25, 0.3) is 0 Å². The van der Waals surface area contributed by atoms with E-state index in [0.717, 1.165) is 17.3 Å². The predicted molar refractivity (Wildman–Crippen MR) is 25.5 cm³/mol. The molecule has 0 saturated carbocycles. The first-order valence-corrected chi connectivity index (χ1v) is 5.66. The normalized spacial score (nSPS) is 6.71. The van der Waals surface area contributed by atoms with Crippen LogP contribution in [-0.2, 0) is 17.3 Å². The van der Waals surface area contributed by atoms with E-state index < -0.39 is 0 Å². The van der Waals surface area contributed by atoms with Gasteiger partial charge in [0.2, 0.25) is 0 Å². The van der Waals surface area contributed by atoms with Gasteiger partial charge in [-0.2, -0.15) is 18.3 Å². The molecule has 0 aliphatic heterocycles. The Bertz CT molecular complexity index is 68.2. The number of halogens is 1. The molecule has 0 aromatic carbocycles. The SMILES string of the molecule is [Cl][Zn+].[c-]1ccc[nH]1. The van der Waals surface area contributed by atoms with Crippen LogP contribution in [0.5, 0.6) is 0 Å². The summed E-state index contributed by atoms with van der Waals surface area (Å²) < 4.78 is 0. The number of aromatic amines is 1. The molecular weight excluding hydrogens is 163 g/mol. The zero-order valence-electron chi connectivity index (χ0n) is 3.82. The van der Waals surface area contributed by atoms with E-state index in [2.05, 4.69) is 11.2 Å². The van der Waals surface area contributed by atoms with E-state index in [1.54, 1.807) is 0 Å². The van der Waals surface area contributed by atoms with E-state index in [1.165, 1.54) is 0 Å². The summed E-state index contributed by atoms with van der Waals surface area (Å²) in [7, 11) is 4.76. The van der Waals surface area contributed by atoms with Gasteiger partial charge in [0.15, 0.2) is 0 Å². The van der Waals surface area contributed by atoms with Crippen LogP contribution in [0.15, 0.2) is 18.3 Å². The Kier molecular flexibility index (Phi) is 6.36. The van der Waals surface area contributed by atoms with Gasteiger partial charge in [-0.1, -0.05) is 0 Å². The van der Waals surface area contributed by atoms with Crippen molar-refractivity contribution in [2.24, 2.45) is 0 Å². The molecule has 0 radical (unpaired) electrons. The quantitative estimate of drug-likeness (QED) is 0.445. The molecule has 1 nitrogen and oxygen atoms in total. The van der Waals surface area contributed by atoms with Crippen molar-refractivity contribution in [3.63, 3.8) is 0 Å². The molecule has 0 amide bonds. The minimum absolute atomic E-state index is 0.847. The van der Waals surface area contributed by atoms with Crippen LogP contribution in [0.2, 0.25) is 0 Å². The second-order valence-corrected chi connectivity index (χ2v) is 0.814. The maximum absolute atomic E-state index is 4.76. The van der Waals surface area contributed by atoms with Crippen molar-refractivity contribution in [3.05, 3.63) is 24.5 Å². The van der Waals surface area contributed by atoms with Gasteiger partial charge in [-0.25, -0.2) is 0 Å². The molecule has 1 heterocycles. The van der Waals surface area contributed by atoms with Crippen molar-refractivity contribution in [2.75, 3.05) is 0 Å². The molecule has 1 rings (SSSR count). The number of rotatable bonds is 0. The fourth-order valence-electron chi connectivity index (χ4n) is 0.241. The first-order valence-electron chi connectivity index (χ1n) is 1.76. The molecule has 34 valence electrons. The van der Waals surface area contributed by atoms with E-state index in [9.17, 15) is 0 Å². The molecule has 0 atom stereocenters. The van der Waals surface area contributed by atoms with Crippen LogP contribution in [0.4, 0.5) is 0 Å². The zero-order valence-corrected chi connectivity index (χ0v) is 7.54. The molecule has 0 unspecified atom stereocenters. The first kappa shape index (κ1) is 7.19. The molecule has 1 aromatic rings. The van der Waals surface area contributed by atoms with E-state index in [1.807, 2.05) is 18.3 Å². The van der Waals surface area contributed by atoms with Gasteiger partial charge in [0.05, 0.1) is 0 Å². The second kappa shape index (κ2) is 6.19. The standard InChI is InChI=1S/C4H4N.ClH.Zn/c1-2-4-5-3-1;;/h1-3,5H;1H;/q-1;;+2/p-1. The van der Waals surface area contributed by atoms with Crippen LogP contribution in [0.1, 0.15) is 0 Å². The summed E-state index contributed by atoms with van der Waals surface area (Å²) in [4.78, 5) is 2.74. The Balaban J connectivity index is 0.000000162. The summed E-state index contributed by atoms with van der Waals surface area (Å²) in [5, 5.41) is 0. The molecule has 0 fully saturated rings. The topological polar surface area (TPSA) is 15.8 Å². The number of aromatic nitrogens is 1. The second-order valence-electron chi connectivity index (χ2n) is 0.814. The van der Waals surface area contributed by atoms with Crippen molar-refractivity contribution in [2.45, 2.75) is 0 Å². The minimum atomic E-state index is 0.847. The Morgan fingerprint density at radius 2 is 2.29 bits per heavy atom. The molecule has 0 bridgehead atoms. The summed E-state index contributed by atoms with van der Waals surface area (Å²) in [5.74, 6) is 0. The molecule has 1 aromatic heterocycles. The molecule has 1 N–H and O–H groups in total. The third-order valence-corrected chi connectivity index (χ3v) is 0.442. The molecule has 7 heavy (non-hydrogen) atoms. The molecule has 0 saturated heterocycles. The summed E-state index contributed by atoms with van der Waals surface area (Å²) in [6.07, 6.45) is 4.56.